The highest BCUT2D eigenvalue weighted by Crippen LogP contribution is 2.29. The molecule has 1 aliphatic heterocycles. The minimum Gasteiger partial charge on any atom is -0.305 e. The van der Waals surface area contributed by atoms with Gasteiger partial charge in [0.25, 0.3) is 0 Å². The van der Waals surface area contributed by atoms with Gasteiger partial charge in [0, 0.05) is 24.0 Å². The molecule has 0 amide bonds. The van der Waals surface area contributed by atoms with Gasteiger partial charge in [-0.05, 0) is 49.5 Å². The molecule has 0 saturated carbocycles. The van der Waals surface area contributed by atoms with Crippen molar-refractivity contribution in [3.8, 4) is 0 Å². The van der Waals surface area contributed by atoms with Crippen LogP contribution in [0.2, 0.25) is 0 Å². The summed E-state index contributed by atoms with van der Waals surface area (Å²) in [5, 5.41) is 3.83. The van der Waals surface area contributed by atoms with E-state index >= 15 is 0 Å². The number of nitrogens with zero attached hydrogens (tertiary/aromatic N) is 1. The van der Waals surface area contributed by atoms with Crippen LogP contribution in [-0.2, 0) is 6.42 Å². The van der Waals surface area contributed by atoms with E-state index in [2.05, 4.69) is 34.2 Å². The molecule has 2 heterocycles. The first-order chi connectivity index (χ1) is 8.43. The van der Waals surface area contributed by atoms with Crippen LogP contribution in [-0.4, -0.2) is 22.5 Å². The van der Waals surface area contributed by atoms with Crippen LogP contribution >= 0.6 is 11.8 Å². The topological polar surface area (TPSA) is 24.9 Å². The van der Waals surface area contributed by atoms with E-state index in [1.54, 1.807) is 0 Å². The fourth-order valence-corrected chi connectivity index (χ4v) is 4.01. The van der Waals surface area contributed by atoms with Gasteiger partial charge in [0.1, 0.15) is 0 Å². The van der Waals surface area contributed by atoms with Crippen molar-refractivity contribution in [2.24, 2.45) is 0 Å². The van der Waals surface area contributed by atoms with Crippen molar-refractivity contribution in [1.82, 2.24) is 10.3 Å². The molecule has 1 aromatic rings. The highest BCUT2D eigenvalue weighted by molar-refractivity contribution is 7.99. The number of hydrogen-bond donors (Lipinski definition) is 1. The monoisotopic (exact) mass is 248 g/mol. The minimum atomic E-state index is 0.503. The quantitative estimate of drug-likeness (QED) is 0.871. The molecule has 0 aromatic carbocycles. The third kappa shape index (κ3) is 2.66. The predicted octanol–water partition coefficient (Wildman–Crippen LogP) is 2.94. The number of aromatic nitrogens is 1. The Balaban J connectivity index is 1.71. The van der Waals surface area contributed by atoms with Gasteiger partial charge in [-0.15, -0.1) is 0 Å². The standard InChI is InChI=1S/C14H20N2S/c1-4-11-5-2-8-15-14(11)13(7-1)16-12-6-3-9-17-10-12/h2,5,8,12-13,16H,1,3-4,6-7,9-10H2. The molecule has 0 spiro atoms. The molecule has 17 heavy (non-hydrogen) atoms. The van der Waals surface area contributed by atoms with E-state index in [-0.39, 0.29) is 0 Å². The highest BCUT2D eigenvalue weighted by atomic mass is 32.2. The second-order valence-electron chi connectivity index (χ2n) is 5.07. The van der Waals surface area contributed by atoms with E-state index in [9.17, 15) is 0 Å². The summed E-state index contributed by atoms with van der Waals surface area (Å²) in [5.74, 6) is 2.62. The van der Waals surface area contributed by atoms with E-state index < -0.39 is 0 Å². The molecule has 0 radical (unpaired) electrons. The lowest BCUT2D eigenvalue weighted by molar-refractivity contribution is 0.386. The van der Waals surface area contributed by atoms with E-state index in [1.807, 2.05) is 6.20 Å². The maximum absolute atomic E-state index is 4.60. The predicted molar refractivity (Wildman–Crippen MR) is 73.4 cm³/mol. The third-order valence-corrected chi connectivity index (χ3v) is 5.01. The van der Waals surface area contributed by atoms with Crippen LogP contribution in [0.4, 0.5) is 0 Å². The minimum absolute atomic E-state index is 0.503. The Morgan fingerprint density at radius 2 is 2.29 bits per heavy atom. The second kappa shape index (κ2) is 5.40. The number of rotatable bonds is 2. The van der Waals surface area contributed by atoms with Crippen molar-refractivity contribution in [3.05, 3.63) is 29.6 Å². The Morgan fingerprint density at radius 1 is 1.29 bits per heavy atom. The SMILES string of the molecule is c1cnc2c(c1)CCCC2NC1CCCSC1. The van der Waals surface area contributed by atoms with Crippen molar-refractivity contribution in [3.63, 3.8) is 0 Å². The van der Waals surface area contributed by atoms with Gasteiger partial charge >= 0.3 is 0 Å². The van der Waals surface area contributed by atoms with Crippen molar-refractivity contribution in [2.45, 2.75) is 44.2 Å². The molecular formula is C14H20N2S. The number of pyridine rings is 1. The average Bonchev–Trinajstić information content (AvgIpc) is 2.40. The van der Waals surface area contributed by atoms with Crippen LogP contribution in [0.5, 0.6) is 0 Å². The van der Waals surface area contributed by atoms with Gasteiger partial charge < -0.3 is 5.32 Å². The van der Waals surface area contributed by atoms with Crippen molar-refractivity contribution in [2.75, 3.05) is 11.5 Å². The lowest BCUT2D eigenvalue weighted by Crippen LogP contribution is -2.38. The zero-order chi connectivity index (χ0) is 11.5. The summed E-state index contributed by atoms with van der Waals surface area (Å²) in [5.41, 5.74) is 2.77. The summed E-state index contributed by atoms with van der Waals surface area (Å²) in [4.78, 5) is 4.60. The molecule has 1 fully saturated rings. The van der Waals surface area contributed by atoms with Gasteiger partial charge in [-0.25, -0.2) is 0 Å². The van der Waals surface area contributed by atoms with Gasteiger partial charge in [0.15, 0.2) is 0 Å². The fraction of sp³-hybridized carbons (Fsp3) is 0.643. The Morgan fingerprint density at radius 3 is 3.18 bits per heavy atom. The lowest BCUT2D eigenvalue weighted by atomic mass is 9.91. The number of aryl methyl sites for hydroxylation is 1. The lowest BCUT2D eigenvalue weighted by Gasteiger charge is -2.31. The molecule has 1 aliphatic carbocycles. The molecule has 3 rings (SSSR count). The molecule has 1 saturated heterocycles. The van der Waals surface area contributed by atoms with E-state index in [0.717, 1.165) is 0 Å². The molecule has 1 N–H and O–H groups in total. The van der Waals surface area contributed by atoms with Gasteiger partial charge in [0.05, 0.1) is 5.69 Å². The normalized spacial score (nSPS) is 28.7. The Kier molecular flexibility index (Phi) is 3.67. The summed E-state index contributed by atoms with van der Waals surface area (Å²) in [7, 11) is 0. The van der Waals surface area contributed by atoms with Crippen molar-refractivity contribution < 1.29 is 0 Å². The molecule has 2 unspecified atom stereocenters. The zero-order valence-corrected chi connectivity index (χ0v) is 11.0. The number of fused-ring (bicyclic) bond motifs is 1. The Hall–Kier alpha value is -0.540. The maximum atomic E-state index is 4.60. The largest absolute Gasteiger partial charge is 0.305 e. The molecule has 3 heteroatoms. The van der Waals surface area contributed by atoms with Crippen LogP contribution in [0.15, 0.2) is 18.3 Å². The molecular weight excluding hydrogens is 228 g/mol. The van der Waals surface area contributed by atoms with Gasteiger partial charge in [-0.1, -0.05) is 6.07 Å². The molecule has 2 atom stereocenters. The van der Waals surface area contributed by atoms with Crippen molar-refractivity contribution >= 4 is 11.8 Å². The summed E-state index contributed by atoms with van der Waals surface area (Å²) in [6.07, 6.45) is 8.41. The first-order valence-electron chi connectivity index (χ1n) is 6.71. The van der Waals surface area contributed by atoms with Crippen LogP contribution in [0, 0.1) is 0 Å². The maximum Gasteiger partial charge on any atom is 0.0605 e. The highest BCUT2D eigenvalue weighted by Gasteiger charge is 2.24. The molecule has 1 aromatic heterocycles. The van der Waals surface area contributed by atoms with E-state index in [4.69, 9.17) is 0 Å². The second-order valence-corrected chi connectivity index (χ2v) is 6.22. The number of hydrogen-bond acceptors (Lipinski definition) is 3. The average molecular weight is 248 g/mol. The first-order valence-corrected chi connectivity index (χ1v) is 7.86. The zero-order valence-electron chi connectivity index (χ0n) is 10.2. The summed E-state index contributed by atoms with van der Waals surface area (Å²) >= 11 is 2.09. The first kappa shape index (κ1) is 11.5. The fourth-order valence-electron chi connectivity index (χ4n) is 2.93. The summed E-state index contributed by atoms with van der Waals surface area (Å²) in [6, 6.07) is 5.51. The van der Waals surface area contributed by atoms with Crippen molar-refractivity contribution in [1.29, 1.82) is 0 Å². The summed E-state index contributed by atoms with van der Waals surface area (Å²) < 4.78 is 0. The number of nitrogens with one attached hydrogen (secondary N) is 1. The Bertz CT molecular complexity index is 374. The van der Waals surface area contributed by atoms with Crippen LogP contribution in [0.3, 0.4) is 0 Å². The summed E-state index contributed by atoms with van der Waals surface area (Å²) in [6.45, 7) is 0. The van der Waals surface area contributed by atoms with Crippen LogP contribution in [0.25, 0.3) is 0 Å². The van der Waals surface area contributed by atoms with Gasteiger partial charge in [-0.3, -0.25) is 4.98 Å². The smallest absolute Gasteiger partial charge is 0.0605 e. The van der Waals surface area contributed by atoms with Crippen LogP contribution < -0.4 is 5.32 Å². The Labute approximate surface area is 108 Å². The molecule has 0 bridgehead atoms. The third-order valence-electron chi connectivity index (χ3n) is 3.79. The van der Waals surface area contributed by atoms with E-state index in [1.165, 1.54) is 54.9 Å². The van der Waals surface area contributed by atoms with Gasteiger partial charge in [0.2, 0.25) is 0 Å². The van der Waals surface area contributed by atoms with Crippen LogP contribution in [0.1, 0.15) is 43.0 Å². The van der Waals surface area contributed by atoms with Gasteiger partial charge in [-0.2, -0.15) is 11.8 Å². The number of thioether (sulfide) groups is 1. The molecule has 92 valence electrons. The molecule has 2 aliphatic rings. The molecule has 2 nitrogen and oxygen atoms in total. The van der Waals surface area contributed by atoms with E-state index in [0.29, 0.717) is 12.1 Å².